The van der Waals surface area contributed by atoms with Crippen LogP contribution in [0.15, 0.2) is 0 Å². The SMILES string of the molecule is CC(C)(CCN)CCC(=O)N1CCCCC1CCO. The van der Waals surface area contributed by atoms with Gasteiger partial charge >= 0.3 is 0 Å². The van der Waals surface area contributed by atoms with Crippen molar-refractivity contribution < 1.29 is 9.90 Å². The highest BCUT2D eigenvalue weighted by Crippen LogP contribution is 2.28. The molecular formula is C15H30N2O2. The lowest BCUT2D eigenvalue weighted by Crippen LogP contribution is -2.44. The van der Waals surface area contributed by atoms with Crippen molar-refractivity contribution in [3.05, 3.63) is 0 Å². The lowest BCUT2D eigenvalue weighted by molar-refractivity contribution is -0.135. The van der Waals surface area contributed by atoms with Crippen LogP contribution in [0.5, 0.6) is 0 Å². The van der Waals surface area contributed by atoms with E-state index >= 15 is 0 Å². The maximum atomic E-state index is 12.3. The number of hydrogen-bond acceptors (Lipinski definition) is 3. The van der Waals surface area contributed by atoms with E-state index in [0.717, 1.165) is 38.6 Å². The molecule has 1 aliphatic rings. The van der Waals surface area contributed by atoms with E-state index in [1.54, 1.807) is 0 Å². The molecular weight excluding hydrogens is 240 g/mol. The highest BCUT2D eigenvalue weighted by Gasteiger charge is 2.27. The monoisotopic (exact) mass is 270 g/mol. The Kier molecular flexibility index (Phi) is 6.80. The Morgan fingerprint density at radius 2 is 2.11 bits per heavy atom. The molecule has 0 saturated carbocycles. The molecule has 1 rings (SSSR count). The fourth-order valence-electron chi connectivity index (χ4n) is 2.88. The van der Waals surface area contributed by atoms with Gasteiger partial charge in [0.2, 0.25) is 5.91 Å². The molecule has 0 aromatic heterocycles. The van der Waals surface area contributed by atoms with E-state index in [9.17, 15) is 4.79 Å². The zero-order valence-corrected chi connectivity index (χ0v) is 12.5. The van der Waals surface area contributed by atoms with Gasteiger partial charge in [0, 0.05) is 25.6 Å². The maximum absolute atomic E-state index is 12.3. The first-order chi connectivity index (χ1) is 9.00. The predicted octanol–water partition coefficient (Wildman–Crippen LogP) is 1.91. The van der Waals surface area contributed by atoms with Gasteiger partial charge in [-0.2, -0.15) is 0 Å². The lowest BCUT2D eigenvalue weighted by atomic mass is 9.84. The Bertz CT molecular complexity index is 277. The van der Waals surface area contributed by atoms with Crippen LogP contribution in [-0.4, -0.2) is 41.7 Å². The van der Waals surface area contributed by atoms with Crippen LogP contribution in [0.25, 0.3) is 0 Å². The summed E-state index contributed by atoms with van der Waals surface area (Å²) < 4.78 is 0. The molecule has 0 radical (unpaired) electrons. The summed E-state index contributed by atoms with van der Waals surface area (Å²) in [4.78, 5) is 14.3. The van der Waals surface area contributed by atoms with Crippen LogP contribution < -0.4 is 5.73 Å². The van der Waals surface area contributed by atoms with Gasteiger partial charge in [-0.3, -0.25) is 4.79 Å². The van der Waals surface area contributed by atoms with E-state index in [-0.39, 0.29) is 24.0 Å². The van der Waals surface area contributed by atoms with Gasteiger partial charge < -0.3 is 15.7 Å². The molecule has 1 fully saturated rings. The van der Waals surface area contributed by atoms with Gasteiger partial charge in [-0.15, -0.1) is 0 Å². The largest absolute Gasteiger partial charge is 0.396 e. The van der Waals surface area contributed by atoms with E-state index in [0.29, 0.717) is 13.0 Å². The minimum absolute atomic E-state index is 0.146. The van der Waals surface area contributed by atoms with E-state index in [1.165, 1.54) is 6.42 Å². The molecule has 1 atom stereocenters. The van der Waals surface area contributed by atoms with E-state index in [2.05, 4.69) is 13.8 Å². The van der Waals surface area contributed by atoms with Gasteiger partial charge in [-0.1, -0.05) is 13.8 Å². The molecule has 1 unspecified atom stereocenters. The fraction of sp³-hybridized carbons (Fsp3) is 0.933. The van der Waals surface area contributed by atoms with Crippen LogP contribution in [0.2, 0.25) is 0 Å². The quantitative estimate of drug-likeness (QED) is 0.742. The van der Waals surface area contributed by atoms with Crippen molar-refractivity contribution in [2.75, 3.05) is 19.7 Å². The van der Waals surface area contributed by atoms with Crippen LogP contribution in [0.1, 0.15) is 58.8 Å². The Morgan fingerprint density at radius 3 is 2.74 bits per heavy atom. The molecule has 4 heteroatoms. The summed E-state index contributed by atoms with van der Waals surface area (Å²) in [5.41, 5.74) is 5.75. The third-order valence-electron chi connectivity index (χ3n) is 4.25. The van der Waals surface area contributed by atoms with Crippen LogP contribution in [0.4, 0.5) is 0 Å². The number of hydrogen-bond donors (Lipinski definition) is 2. The molecule has 0 aromatic carbocycles. The number of likely N-dealkylation sites (tertiary alicyclic amines) is 1. The third-order valence-corrected chi connectivity index (χ3v) is 4.25. The smallest absolute Gasteiger partial charge is 0.222 e. The summed E-state index contributed by atoms with van der Waals surface area (Å²) in [5, 5.41) is 9.10. The maximum Gasteiger partial charge on any atom is 0.222 e. The average molecular weight is 270 g/mol. The summed E-state index contributed by atoms with van der Waals surface area (Å²) in [5.74, 6) is 0.253. The Morgan fingerprint density at radius 1 is 1.37 bits per heavy atom. The van der Waals surface area contributed by atoms with E-state index in [1.807, 2.05) is 4.90 Å². The normalized spacial score (nSPS) is 20.6. The van der Waals surface area contributed by atoms with Crippen molar-refractivity contribution in [2.24, 2.45) is 11.1 Å². The second-order valence-electron chi connectivity index (χ2n) is 6.45. The van der Waals surface area contributed by atoms with Gasteiger partial charge in [0.1, 0.15) is 0 Å². The molecule has 3 N–H and O–H groups in total. The minimum Gasteiger partial charge on any atom is -0.396 e. The van der Waals surface area contributed by atoms with Gasteiger partial charge in [0.05, 0.1) is 0 Å². The molecule has 0 bridgehead atoms. The van der Waals surface area contributed by atoms with Crippen molar-refractivity contribution in [3.8, 4) is 0 Å². The highest BCUT2D eigenvalue weighted by atomic mass is 16.3. The van der Waals surface area contributed by atoms with Gasteiger partial charge in [-0.05, 0) is 50.5 Å². The van der Waals surface area contributed by atoms with Crippen molar-refractivity contribution in [1.29, 1.82) is 0 Å². The number of aliphatic hydroxyl groups excluding tert-OH is 1. The van der Waals surface area contributed by atoms with Crippen molar-refractivity contribution in [1.82, 2.24) is 4.90 Å². The zero-order chi connectivity index (χ0) is 14.3. The molecule has 19 heavy (non-hydrogen) atoms. The summed E-state index contributed by atoms with van der Waals surface area (Å²) in [6, 6.07) is 0.254. The van der Waals surface area contributed by atoms with Crippen LogP contribution in [0, 0.1) is 5.41 Å². The zero-order valence-electron chi connectivity index (χ0n) is 12.5. The lowest BCUT2D eigenvalue weighted by Gasteiger charge is -2.36. The second kappa shape index (κ2) is 7.85. The number of carbonyl (C=O) groups is 1. The fourth-order valence-corrected chi connectivity index (χ4v) is 2.88. The second-order valence-corrected chi connectivity index (χ2v) is 6.45. The summed E-state index contributed by atoms with van der Waals surface area (Å²) >= 11 is 0. The number of nitrogens with two attached hydrogens (primary N) is 1. The average Bonchev–Trinajstić information content (AvgIpc) is 2.37. The Hall–Kier alpha value is -0.610. The third kappa shape index (κ3) is 5.49. The van der Waals surface area contributed by atoms with Crippen LogP contribution in [-0.2, 0) is 4.79 Å². The number of amides is 1. The van der Waals surface area contributed by atoms with Gasteiger partial charge in [0.25, 0.3) is 0 Å². The van der Waals surface area contributed by atoms with Crippen molar-refractivity contribution in [2.45, 2.75) is 64.8 Å². The first kappa shape index (κ1) is 16.4. The predicted molar refractivity (Wildman–Crippen MR) is 77.7 cm³/mol. The summed E-state index contributed by atoms with van der Waals surface area (Å²) in [6.07, 6.45) is 6.49. The molecule has 0 aliphatic carbocycles. The number of aliphatic hydroxyl groups is 1. The Balaban J connectivity index is 2.46. The molecule has 112 valence electrons. The Labute approximate surface area is 117 Å². The number of nitrogens with zero attached hydrogens (tertiary/aromatic N) is 1. The summed E-state index contributed by atoms with van der Waals surface area (Å²) in [7, 11) is 0. The number of carbonyl (C=O) groups excluding carboxylic acids is 1. The van der Waals surface area contributed by atoms with Crippen molar-refractivity contribution in [3.63, 3.8) is 0 Å². The van der Waals surface area contributed by atoms with E-state index in [4.69, 9.17) is 10.8 Å². The first-order valence-corrected chi connectivity index (χ1v) is 7.60. The highest BCUT2D eigenvalue weighted by molar-refractivity contribution is 5.76. The molecule has 0 spiro atoms. The molecule has 1 aliphatic heterocycles. The van der Waals surface area contributed by atoms with Gasteiger partial charge in [0.15, 0.2) is 0 Å². The first-order valence-electron chi connectivity index (χ1n) is 7.60. The minimum atomic E-state index is 0.146. The van der Waals surface area contributed by atoms with Gasteiger partial charge in [-0.25, -0.2) is 0 Å². The standard InChI is InChI=1S/C15H30N2O2/c1-15(2,9-10-16)8-6-14(19)17-11-4-3-5-13(17)7-12-18/h13,18H,3-12,16H2,1-2H3. The number of piperidine rings is 1. The van der Waals surface area contributed by atoms with Crippen LogP contribution in [0.3, 0.4) is 0 Å². The molecule has 4 nitrogen and oxygen atoms in total. The topological polar surface area (TPSA) is 66.6 Å². The molecule has 1 saturated heterocycles. The number of rotatable bonds is 7. The van der Waals surface area contributed by atoms with E-state index < -0.39 is 0 Å². The molecule has 1 amide bonds. The summed E-state index contributed by atoms with van der Waals surface area (Å²) in [6.45, 7) is 6.06. The van der Waals surface area contributed by atoms with Crippen LogP contribution >= 0.6 is 0 Å². The van der Waals surface area contributed by atoms with Crippen molar-refractivity contribution >= 4 is 5.91 Å². The molecule has 0 aromatic rings. The molecule has 1 heterocycles.